The maximum Gasteiger partial charge on any atom is 0.0680 e. The Bertz CT molecular complexity index is 984. The third-order valence-corrected chi connectivity index (χ3v) is 5.88. The molecule has 0 radical (unpaired) electrons. The van der Waals surface area contributed by atoms with Crippen molar-refractivity contribution < 1.29 is 0 Å². The Morgan fingerprint density at radius 3 is 2.30 bits per heavy atom. The summed E-state index contributed by atoms with van der Waals surface area (Å²) in [5.74, 6) is 0. The van der Waals surface area contributed by atoms with E-state index in [4.69, 9.17) is 5.73 Å². The van der Waals surface area contributed by atoms with Gasteiger partial charge in [-0.3, -0.25) is 4.98 Å². The molecule has 172 valence electrons. The van der Waals surface area contributed by atoms with Gasteiger partial charge in [-0.2, -0.15) is 0 Å². The third kappa shape index (κ3) is 7.62. The first kappa shape index (κ1) is 24.3. The second kappa shape index (κ2) is 12.6. The van der Waals surface area contributed by atoms with Crippen LogP contribution in [0.3, 0.4) is 0 Å². The zero-order chi connectivity index (χ0) is 23.5. The van der Waals surface area contributed by atoms with Crippen LogP contribution in [0.25, 0.3) is 0 Å². The number of nitrogens with one attached hydrogen (secondary N) is 1. The molecule has 1 aliphatic heterocycles. The van der Waals surface area contributed by atoms with Gasteiger partial charge in [0.2, 0.25) is 0 Å². The summed E-state index contributed by atoms with van der Waals surface area (Å²) in [6, 6.07) is 25.1. The highest BCUT2D eigenvalue weighted by Crippen LogP contribution is 2.27. The average Bonchev–Trinajstić information content (AvgIpc) is 3.35. The average molecular weight is 441 g/mol. The van der Waals surface area contributed by atoms with Crippen molar-refractivity contribution in [2.24, 2.45) is 5.73 Å². The van der Waals surface area contributed by atoms with Crippen molar-refractivity contribution in [2.75, 3.05) is 6.54 Å². The second-order valence-electron chi connectivity index (χ2n) is 8.52. The number of nitrogens with zero attached hydrogens (tertiary/aromatic N) is 2. The van der Waals surface area contributed by atoms with Crippen LogP contribution < -0.4 is 11.1 Å². The molecule has 1 aliphatic rings. The molecule has 2 unspecified atom stereocenters. The van der Waals surface area contributed by atoms with Gasteiger partial charge in [-0.1, -0.05) is 79.9 Å². The fraction of sp³-hybridized carbons (Fsp3) is 0.276. The molecule has 3 N–H and O–H groups in total. The zero-order valence-corrected chi connectivity index (χ0v) is 19.7. The fourth-order valence-corrected chi connectivity index (χ4v) is 4.03. The summed E-state index contributed by atoms with van der Waals surface area (Å²) in [5.41, 5.74) is 11.5. The summed E-state index contributed by atoms with van der Waals surface area (Å²) in [5, 5.41) is 3.50. The molecule has 3 aromatic rings. The van der Waals surface area contributed by atoms with Gasteiger partial charge in [0, 0.05) is 49.3 Å². The van der Waals surface area contributed by atoms with Crippen molar-refractivity contribution in [1.82, 2.24) is 15.2 Å². The third-order valence-electron chi connectivity index (χ3n) is 5.88. The summed E-state index contributed by atoms with van der Waals surface area (Å²) in [4.78, 5) is 6.59. The van der Waals surface area contributed by atoms with Gasteiger partial charge in [-0.15, -0.1) is 0 Å². The number of nitrogens with two attached hydrogens (primary N) is 1. The van der Waals surface area contributed by atoms with E-state index in [0.29, 0.717) is 6.04 Å². The lowest BCUT2D eigenvalue weighted by Gasteiger charge is -2.30. The lowest BCUT2D eigenvalue weighted by atomic mass is 10.1. The van der Waals surface area contributed by atoms with Gasteiger partial charge in [0.05, 0.1) is 6.04 Å². The molecule has 4 rings (SSSR count). The molecule has 1 saturated heterocycles. The van der Waals surface area contributed by atoms with Crippen molar-refractivity contribution in [2.45, 2.75) is 44.8 Å². The molecule has 4 heteroatoms. The van der Waals surface area contributed by atoms with Gasteiger partial charge in [-0.05, 0) is 42.5 Å². The smallest absolute Gasteiger partial charge is 0.0680 e. The summed E-state index contributed by atoms with van der Waals surface area (Å²) < 4.78 is 0. The van der Waals surface area contributed by atoms with Crippen molar-refractivity contribution >= 4 is 0 Å². The minimum atomic E-state index is 0.159. The van der Waals surface area contributed by atoms with Crippen LogP contribution in [0.5, 0.6) is 0 Å². The molecule has 4 nitrogen and oxygen atoms in total. The standard InChI is InChI=1S/C21H25N3.C8H11N/c1-17(14-20-10-6-12-22-15-20)24-13-7-11-21(24)18(2)23-16-19-8-4-3-5-9-19;1-7(9)8-5-3-2-4-6-8/h3-6,8-10,12,15,21,23H,1-2,7,11,13-14,16H2;2-7H,9H2,1H3. The van der Waals surface area contributed by atoms with Crippen LogP contribution in [0.1, 0.15) is 42.5 Å². The first-order valence-electron chi connectivity index (χ1n) is 11.6. The molecule has 2 heterocycles. The largest absolute Gasteiger partial charge is 0.383 e. The van der Waals surface area contributed by atoms with E-state index in [1.807, 2.05) is 55.6 Å². The number of likely N-dealkylation sites (tertiary alicyclic amines) is 1. The molecular weight excluding hydrogens is 404 g/mol. The van der Waals surface area contributed by atoms with Crippen LogP contribution in [0, 0.1) is 0 Å². The Hall–Kier alpha value is -3.37. The van der Waals surface area contributed by atoms with Crippen LogP contribution in [-0.4, -0.2) is 22.5 Å². The van der Waals surface area contributed by atoms with Crippen molar-refractivity contribution in [3.8, 4) is 0 Å². The molecule has 0 spiro atoms. The monoisotopic (exact) mass is 440 g/mol. The van der Waals surface area contributed by atoms with Crippen LogP contribution in [0.15, 0.2) is 110 Å². The first-order chi connectivity index (χ1) is 16.0. The molecule has 0 amide bonds. The van der Waals surface area contributed by atoms with Crippen molar-refractivity contribution in [1.29, 1.82) is 0 Å². The first-order valence-corrected chi connectivity index (χ1v) is 11.6. The van der Waals surface area contributed by atoms with Crippen molar-refractivity contribution in [3.63, 3.8) is 0 Å². The van der Waals surface area contributed by atoms with Gasteiger partial charge in [-0.25, -0.2) is 0 Å². The molecule has 0 bridgehead atoms. The molecular formula is C29H36N4. The number of rotatable bonds is 8. The predicted octanol–water partition coefficient (Wildman–Crippen LogP) is 5.61. The van der Waals surface area contributed by atoms with E-state index in [-0.39, 0.29) is 6.04 Å². The highest BCUT2D eigenvalue weighted by atomic mass is 15.2. The number of hydrogen-bond donors (Lipinski definition) is 2. The number of pyridine rings is 1. The number of allylic oxidation sites excluding steroid dienone is 1. The molecule has 0 aliphatic carbocycles. The zero-order valence-electron chi connectivity index (χ0n) is 19.7. The maximum absolute atomic E-state index is 5.61. The quantitative estimate of drug-likeness (QED) is 0.478. The van der Waals surface area contributed by atoms with E-state index in [1.54, 1.807) is 6.20 Å². The minimum Gasteiger partial charge on any atom is -0.383 e. The van der Waals surface area contributed by atoms with Gasteiger partial charge in [0.25, 0.3) is 0 Å². The summed E-state index contributed by atoms with van der Waals surface area (Å²) in [6.07, 6.45) is 6.88. The molecule has 0 saturated carbocycles. The lowest BCUT2D eigenvalue weighted by Crippen LogP contribution is -2.35. The van der Waals surface area contributed by atoms with Gasteiger partial charge in [0.1, 0.15) is 0 Å². The Kier molecular flexibility index (Phi) is 9.28. The van der Waals surface area contributed by atoms with Gasteiger partial charge in [0.15, 0.2) is 0 Å². The van der Waals surface area contributed by atoms with Crippen LogP contribution in [0.2, 0.25) is 0 Å². The summed E-state index contributed by atoms with van der Waals surface area (Å²) >= 11 is 0. The van der Waals surface area contributed by atoms with E-state index in [2.05, 4.69) is 58.7 Å². The highest BCUT2D eigenvalue weighted by Gasteiger charge is 2.27. The highest BCUT2D eigenvalue weighted by molar-refractivity contribution is 5.21. The number of hydrogen-bond acceptors (Lipinski definition) is 4. The lowest BCUT2D eigenvalue weighted by molar-refractivity contribution is 0.337. The SMILES string of the molecule is C=C(NCc1ccccc1)C1CCCN1C(=C)Cc1cccnc1.CC(N)c1ccccc1. The van der Waals surface area contributed by atoms with E-state index in [1.165, 1.54) is 23.1 Å². The Morgan fingerprint density at radius 1 is 1.03 bits per heavy atom. The van der Waals surface area contributed by atoms with Gasteiger partial charge < -0.3 is 16.0 Å². The molecule has 33 heavy (non-hydrogen) atoms. The molecule has 2 atom stereocenters. The second-order valence-corrected chi connectivity index (χ2v) is 8.52. The fourth-order valence-electron chi connectivity index (χ4n) is 4.03. The number of aromatic nitrogens is 1. The maximum atomic E-state index is 5.61. The molecule has 1 aromatic heterocycles. The Balaban J connectivity index is 0.000000286. The van der Waals surface area contributed by atoms with Crippen LogP contribution in [0.4, 0.5) is 0 Å². The van der Waals surface area contributed by atoms with E-state index >= 15 is 0 Å². The molecule has 1 fully saturated rings. The van der Waals surface area contributed by atoms with Crippen molar-refractivity contribution in [3.05, 3.63) is 126 Å². The normalized spacial score (nSPS) is 15.8. The minimum absolute atomic E-state index is 0.159. The van der Waals surface area contributed by atoms with Gasteiger partial charge >= 0.3 is 0 Å². The van der Waals surface area contributed by atoms with Crippen LogP contribution in [-0.2, 0) is 13.0 Å². The van der Waals surface area contributed by atoms with Crippen LogP contribution >= 0.6 is 0 Å². The van der Waals surface area contributed by atoms with E-state index < -0.39 is 0 Å². The topological polar surface area (TPSA) is 54.2 Å². The Morgan fingerprint density at radius 2 is 1.70 bits per heavy atom. The Labute approximate surface area is 198 Å². The summed E-state index contributed by atoms with van der Waals surface area (Å²) in [6.45, 7) is 12.4. The summed E-state index contributed by atoms with van der Waals surface area (Å²) in [7, 11) is 0. The number of benzene rings is 2. The van der Waals surface area contributed by atoms with E-state index in [0.717, 1.165) is 37.3 Å². The molecule has 2 aromatic carbocycles. The van der Waals surface area contributed by atoms with E-state index in [9.17, 15) is 0 Å². The predicted molar refractivity (Wildman–Crippen MR) is 138 cm³/mol.